The molecule has 0 unspecified atom stereocenters. The first-order valence-electron chi connectivity index (χ1n) is 7.59. The molecule has 1 fully saturated rings. The van der Waals surface area contributed by atoms with Gasteiger partial charge in [-0.25, -0.2) is 4.39 Å². The molecule has 1 aromatic heterocycles. The van der Waals surface area contributed by atoms with Gasteiger partial charge >= 0.3 is 0 Å². The van der Waals surface area contributed by atoms with Crippen molar-refractivity contribution in [1.29, 1.82) is 0 Å². The van der Waals surface area contributed by atoms with Crippen LogP contribution in [-0.2, 0) is 6.42 Å². The van der Waals surface area contributed by atoms with Crippen LogP contribution in [0.2, 0.25) is 0 Å². The Balaban J connectivity index is 1.76. The summed E-state index contributed by atoms with van der Waals surface area (Å²) < 4.78 is 13.3. The summed E-state index contributed by atoms with van der Waals surface area (Å²) in [5.41, 5.74) is 3.17. The van der Waals surface area contributed by atoms with Gasteiger partial charge in [-0.2, -0.15) is 0 Å². The number of aromatic nitrogens is 1. The molecule has 0 radical (unpaired) electrons. The van der Waals surface area contributed by atoms with Crippen molar-refractivity contribution in [2.24, 2.45) is 0 Å². The van der Waals surface area contributed by atoms with Crippen molar-refractivity contribution in [3.05, 3.63) is 65.2 Å². The molecule has 2 aromatic rings. The first-order valence-corrected chi connectivity index (χ1v) is 7.59. The molecule has 0 saturated carbocycles. The van der Waals surface area contributed by atoms with Crippen LogP contribution in [0.15, 0.2) is 42.5 Å². The maximum atomic E-state index is 13.3. The standard InChI is InChI=1S/C18H21FN2/c1-21-10-4-6-15(13-21)18-9-3-8-17(20-18)12-14-5-2-7-16(19)11-14/h2-3,5,7-9,11,15H,4,6,10,12-13H2,1H3/t15-/m1/s1. The van der Waals surface area contributed by atoms with Crippen LogP contribution >= 0.6 is 0 Å². The van der Waals surface area contributed by atoms with Gasteiger partial charge in [0, 0.05) is 30.3 Å². The van der Waals surface area contributed by atoms with Crippen molar-refractivity contribution in [3.63, 3.8) is 0 Å². The average molecular weight is 284 g/mol. The number of hydrogen-bond acceptors (Lipinski definition) is 2. The van der Waals surface area contributed by atoms with E-state index in [0.717, 1.165) is 17.8 Å². The number of hydrogen-bond donors (Lipinski definition) is 0. The smallest absolute Gasteiger partial charge is 0.123 e. The van der Waals surface area contributed by atoms with Crippen molar-refractivity contribution >= 4 is 0 Å². The Bertz CT molecular complexity index is 612. The van der Waals surface area contributed by atoms with Crippen molar-refractivity contribution in [3.8, 4) is 0 Å². The van der Waals surface area contributed by atoms with Crippen LogP contribution < -0.4 is 0 Å². The minimum atomic E-state index is -0.183. The predicted octanol–water partition coefficient (Wildman–Crippen LogP) is 3.62. The van der Waals surface area contributed by atoms with E-state index in [1.165, 1.54) is 31.1 Å². The van der Waals surface area contributed by atoms with E-state index in [4.69, 9.17) is 4.98 Å². The van der Waals surface area contributed by atoms with E-state index in [-0.39, 0.29) is 5.82 Å². The Morgan fingerprint density at radius 2 is 2.10 bits per heavy atom. The fourth-order valence-electron chi connectivity index (χ4n) is 3.09. The summed E-state index contributed by atoms with van der Waals surface area (Å²) in [7, 11) is 2.17. The van der Waals surface area contributed by atoms with E-state index in [1.54, 1.807) is 12.1 Å². The van der Waals surface area contributed by atoms with E-state index in [0.29, 0.717) is 12.3 Å². The van der Waals surface area contributed by atoms with Gasteiger partial charge in [-0.1, -0.05) is 18.2 Å². The van der Waals surface area contributed by atoms with Crippen LogP contribution in [0.5, 0.6) is 0 Å². The van der Waals surface area contributed by atoms with Crippen molar-refractivity contribution in [2.75, 3.05) is 20.1 Å². The normalized spacial score (nSPS) is 19.6. The lowest BCUT2D eigenvalue weighted by molar-refractivity contribution is 0.248. The lowest BCUT2D eigenvalue weighted by atomic mass is 9.94. The summed E-state index contributed by atoms with van der Waals surface area (Å²) >= 11 is 0. The van der Waals surface area contributed by atoms with Gasteiger partial charge in [0.1, 0.15) is 5.82 Å². The largest absolute Gasteiger partial charge is 0.306 e. The van der Waals surface area contributed by atoms with Gasteiger partial charge in [-0.3, -0.25) is 4.98 Å². The predicted molar refractivity (Wildman–Crippen MR) is 82.9 cm³/mol. The third kappa shape index (κ3) is 3.67. The molecule has 0 spiro atoms. The number of benzene rings is 1. The Morgan fingerprint density at radius 3 is 2.90 bits per heavy atom. The second-order valence-electron chi connectivity index (χ2n) is 5.96. The number of pyridine rings is 1. The highest BCUT2D eigenvalue weighted by atomic mass is 19.1. The van der Waals surface area contributed by atoms with E-state index in [2.05, 4.69) is 24.1 Å². The molecule has 1 aliphatic rings. The van der Waals surface area contributed by atoms with Gasteiger partial charge < -0.3 is 4.90 Å². The van der Waals surface area contributed by atoms with Crippen LogP contribution in [0.3, 0.4) is 0 Å². The molecule has 2 nitrogen and oxygen atoms in total. The molecule has 0 aliphatic carbocycles. The number of rotatable bonds is 3. The second kappa shape index (κ2) is 6.35. The lowest BCUT2D eigenvalue weighted by Crippen LogP contribution is -2.31. The van der Waals surface area contributed by atoms with Gasteiger partial charge in [-0.05, 0) is 56.3 Å². The SMILES string of the molecule is CN1CCC[C@@H](c2cccc(Cc3cccc(F)c3)n2)C1. The monoisotopic (exact) mass is 284 g/mol. The molecule has 1 aromatic carbocycles. The molecule has 2 heterocycles. The third-order valence-corrected chi connectivity index (χ3v) is 4.15. The maximum absolute atomic E-state index is 13.3. The maximum Gasteiger partial charge on any atom is 0.123 e. The number of nitrogens with zero attached hydrogens (tertiary/aromatic N) is 2. The zero-order chi connectivity index (χ0) is 14.7. The number of piperidine rings is 1. The minimum absolute atomic E-state index is 0.183. The number of likely N-dealkylation sites (tertiary alicyclic amines) is 1. The van der Waals surface area contributed by atoms with Crippen molar-refractivity contribution in [1.82, 2.24) is 9.88 Å². The fraction of sp³-hybridized carbons (Fsp3) is 0.389. The Morgan fingerprint density at radius 1 is 1.24 bits per heavy atom. The summed E-state index contributed by atoms with van der Waals surface area (Å²) in [5.74, 6) is 0.341. The van der Waals surface area contributed by atoms with E-state index < -0.39 is 0 Å². The van der Waals surface area contributed by atoms with Gasteiger partial charge in [-0.15, -0.1) is 0 Å². The first kappa shape index (κ1) is 14.2. The van der Waals surface area contributed by atoms with Gasteiger partial charge in [0.15, 0.2) is 0 Å². The summed E-state index contributed by atoms with van der Waals surface area (Å²) in [6.45, 7) is 2.26. The van der Waals surface area contributed by atoms with Gasteiger partial charge in [0.05, 0.1) is 0 Å². The first-order chi connectivity index (χ1) is 10.2. The van der Waals surface area contributed by atoms with E-state index in [1.807, 2.05) is 12.1 Å². The number of likely N-dealkylation sites (N-methyl/N-ethyl adjacent to an activating group) is 1. The van der Waals surface area contributed by atoms with Crippen LogP contribution in [0, 0.1) is 5.82 Å². The highest BCUT2D eigenvalue weighted by Gasteiger charge is 2.20. The summed E-state index contributed by atoms with van der Waals surface area (Å²) in [6, 6.07) is 13.0. The molecule has 1 aliphatic heterocycles. The van der Waals surface area contributed by atoms with Crippen LogP contribution in [-0.4, -0.2) is 30.0 Å². The van der Waals surface area contributed by atoms with Gasteiger partial charge in [0.25, 0.3) is 0 Å². The Kier molecular flexibility index (Phi) is 4.30. The molecule has 3 heteroatoms. The molecule has 1 saturated heterocycles. The zero-order valence-corrected chi connectivity index (χ0v) is 12.4. The Labute approximate surface area is 125 Å². The minimum Gasteiger partial charge on any atom is -0.306 e. The van der Waals surface area contributed by atoms with Crippen molar-refractivity contribution < 1.29 is 4.39 Å². The highest BCUT2D eigenvalue weighted by Crippen LogP contribution is 2.25. The lowest BCUT2D eigenvalue weighted by Gasteiger charge is -2.29. The molecule has 0 bridgehead atoms. The molecular formula is C18H21FN2. The van der Waals surface area contributed by atoms with Gasteiger partial charge in [0.2, 0.25) is 0 Å². The molecule has 0 amide bonds. The van der Waals surface area contributed by atoms with Crippen molar-refractivity contribution in [2.45, 2.75) is 25.2 Å². The molecule has 110 valence electrons. The van der Waals surface area contributed by atoms with E-state index >= 15 is 0 Å². The number of halogens is 1. The van der Waals surface area contributed by atoms with Crippen LogP contribution in [0.1, 0.15) is 35.7 Å². The summed E-state index contributed by atoms with van der Waals surface area (Å²) in [5, 5.41) is 0. The molecular weight excluding hydrogens is 263 g/mol. The Hall–Kier alpha value is -1.74. The zero-order valence-electron chi connectivity index (χ0n) is 12.4. The quantitative estimate of drug-likeness (QED) is 0.856. The molecule has 3 rings (SSSR count). The summed E-state index contributed by atoms with van der Waals surface area (Å²) in [4.78, 5) is 7.18. The van der Waals surface area contributed by atoms with Crippen LogP contribution in [0.4, 0.5) is 4.39 Å². The van der Waals surface area contributed by atoms with Crippen LogP contribution in [0.25, 0.3) is 0 Å². The molecule has 1 atom stereocenters. The molecule has 0 N–H and O–H groups in total. The third-order valence-electron chi connectivity index (χ3n) is 4.15. The average Bonchev–Trinajstić information content (AvgIpc) is 2.47. The summed E-state index contributed by atoms with van der Waals surface area (Å²) in [6.07, 6.45) is 3.13. The topological polar surface area (TPSA) is 16.1 Å². The fourth-order valence-corrected chi connectivity index (χ4v) is 3.09. The highest BCUT2D eigenvalue weighted by molar-refractivity contribution is 5.24. The second-order valence-corrected chi connectivity index (χ2v) is 5.96. The molecule has 21 heavy (non-hydrogen) atoms. The van der Waals surface area contributed by atoms with E-state index in [9.17, 15) is 4.39 Å².